The van der Waals surface area contributed by atoms with Crippen LogP contribution in [0.2, 0.25) is 10.0 Å². The molecule has 1 amide bonds. The van der Waals surface area contributed by atoms with Crippen molar-refractivity contribution in [2.24, 2.45) is 5.10 Å². The maximum Gasteiger partial charge on any atom is 0.274 e. The van der Waals surface area contributed by atoms with Crippen LogP contribution < -0.4 is 11.0 Å². The summed E-state index contributed by atoms with van der Waals surface area (Å²) in [4.78, 5) is 25.5. The van der Waals surface area contributed by atoms with E-state index in [1.807, 2.05) is 0 Å². The Balaban J connectivity index is 1.61. The number of hydrogen-bond donors (Lipinski definition) is 1. The minimum atomic E-state index is -0.469. The van der Waals surface area contributed by atoms with E-state index in [-0.39, 0.29) is 18.5 Å². The van der Waals surface area contributed by atoms with Crippen LogP contribution in [0, 0.1) is 5.82 Å². The molecule has 0 aliphatic heterocycles. The van der Waals surface area contributed by atoms with Crippen LogP contribution in [-0.4, -0.2) is 21.9 Å². The molecule has 34 heavy (non-hydrogen) atoms. The van der Waals surface area contributed by atoms with Crippen molar-refractivity contribution in [1.29, 1.82) is 0 Å². The van der Waals surface area contributed by atoms with Crippen LogP contribution in [0.25, 0.3) is 10.8 Å². The van der Waals surface area contributed by atoms with E-state index < -0.39 is 11.7 Å². The average Bonchev–Trinajstić information content (AvgIpc) is 2.80. The summed E-state index contributed by atoms with van der Waals surface area (Å²) in [6.45, 7) is -0.0828. The molecule has 0 fully saturated rings. The number of carbonyl (C=O) groups excluding carboxylic acids is 1. The van der Waals surface area contributed by atoms with Crippen molar-refractivity contribution < 1.29 is 9.18 Å². The van der Waals surface area contributed by atoms with Gasteiger partial charge in [0.25, 0.3) is 5.56 Å². The lowest BCUT2D eigenvalue weighted by Crippen LogP contribution is -2.28. The zero-order valence-electron chi connectivity index (χ0n) is 17.4. The Labute approximate surface area is 212 Å². The topological polar surface area (TPSA) is 76.3 Å². The van der Waals surface area contributed by atoms with E-state index in [1.165, 1.54) is 12.3 Å². The summed E-state index contributed by atoms with van der Waals surface area (Å²) >= 11 is 15.4. The van der Waals surface area contributed by atoms with Crippen LogP contribution in [0.1, 0.15) is 16.8 Å². The monoisotopic (exact) mass is 560 g/mol. The number of halogens is 4. The Morgan fingerprint density at radius 2 is 1.79 bits per heavy atom. The van der Waals surface area contributed by atoms with Gasteiger partial charge in [0.05, 0.1) is 40.3 Å². The van der Waals surface area contributed by atoms with Gasteiger partial charge in [-0.2, -0.15) is 10.2 Å². The molecule has 0 spiro atoms. The maximum absolute atomic E-state index is 14.4. The molecule has 1 heterocycles. The molecular formula is C24H16BrCl2FN4O2. The number of hydrazone groups is 1. The highest BCUT2D eigenvalue weighted by Crippen LogP contribution is 2.22. The van der Waals surface area contributed by atoms with Crippen LogP contribution in [0.4, 0.5) is 4.39 Å². The van der Waals surface area contributed by atoms with Gasteiger partial charge in [-0.25, -0.2) is 14.5 Å². The second-order valence-electron chi connectivity index (χ2n) is 7.30. The van der Waals surface area contributed by atoms with Gasteiger partial charge >= 0.3 is 0 Å². The third kappa shape index (κ3) is 5.35. The van der Waals surface area contributed by atoms with E-state index >= 15 is 0 Å². The average molecular weight is 562 g/mol. The third-order valence-electron chi connectivity index (χ3n) is 4.99. The summed E-state index contributed by atoms with van der Waals surface area (Å²) in [5, 5.41) is 9.99. The predicted octanol–water partition coefficient (Wildman–Crippen LogP) is 5.35. The molecule has 1 aromatic heterocycles. The quantitative estimate of drug-likeness (QED) is 0.255. The Kier molecular flexibility index (Phi) is 7.41. The molecule has 0 aliphatic carbocycles. The minimum Gasteiger partial charge on any atom is -0.273 e. The van der Waals surface area contributed by atoms with Crippen molar-refractivity contribution >= 4 is 62.0 Å². The minimum absolute atomic E-state index is 0.0828. The standard InChI is InChI=1S/C24H16BrCl2FN4O2/c25-15-9-8-14(21(28)10-15)13-32-24(34)17-5-2-1-4-16(17)22(31-32)11-23(33)30-29-12-18-19(26)6-3-7-20(18)27/h1-10,12H,11,13H2,(H,30,33)/b29-12+. The first kappa shape index (κ1) is 24.1. The van der Waals surface area contributed by atoms with Gasteiger partial charge in [-0.15, -0.1) is 0 Å². The lowest BCUT2D eigenvalue weighted by Gasteiger charge is -2.11. The van der Waals surface area contributed by atoms with Crippen molar-refractivity contribution in [2.75, 3.05) is 0 Å². The molecule has 4 rings (SSSR count). The number of rotatable bonds is 6. The first-order valence-corrected chi connectivity index (χ1v) is 11.6. The molecule has 10 heteroatoms. The number of carbonyl (C=O) groups is 1. The second-order valence-corrected chi connectivity index (χ2v) is 9.03. The van der Waals surface area contributed by atoms with Gasteiger partial charge in [-0.05, 0) is 30.3 Å². The molecule has 0 saturated heterocycles. The van der Waals surface area contributed by atoms with Crippen LogP contribution in [0.15, 0.2) is 75.0 Å². The summed E-state index contributed by atoms with van der Waals surface area (Å²) in [6, 6.07) is 16.4. The first-order chi connectivity index (χ1) is 16.3. The summed E-state index contributed by atoms with van der Waals surface area (Å²) in [5.41, 5.74) is 3.16. The number of fused-ring (bicyclic) bond motifs is 1. The zero-order chi connectivity index (χ0) is 24.2. The highest BCUT2D eigenvalue weighted by molar-refractivity contribution is 9.10. The van der Waals surface area contributed by atoms with Crippen LogP contribution >= 0.6 is 39.1 Å². The summed E-state index contributed by atoms with van der Waals surface area (Å²) < 4.78 is 16.1. The highest BCUT2D eigenvalue weighted by atomic mass is 79.9. The molecule has 0 atom stereocenters. The van der Waals surface area contributed by atoms with Gasteiger partial charge in [-0.1, -0.05) is 69.5 Å². The molecule has 0 bridgehead atoms. The van der Waals surface area contributed by atoms with Crippen LogP contribution in [-0.2, 0) is 17.8 Å². The maximum atomic E-state index is 14.4. The van der Waals surface area contributed by atoms with Crippen molar-refractivity contribution in [2.45, 2.75) is 13.0 Å². The fourth-order valence-electron chi connectivity index (χ4n) is 3.35. The van der Waals surface area contributed by atoms with Gasteiger partial charge in [0.15, 0.2) is 0 Å². The molecule has 172 valence electrons. The van der Waals surface area contributed by atoms with E-state index in [0.29, 0.717) is 42.1 Å². The van der Waals surface area contributed by atoms with Gasteiger partial charge in [0.2, 0.25) is 5.91 Å². The number of aromatic nitrogens is 2. The number of hydrogen-bond acceptors (Lipinski definition) is 4. The largest absolute Gasteiger partial charge is 0.274 e. The third-order valence-corrected chi connectivity index (χ3v) is 6.14. The SMILES string of the molecule is O=C(Cc1nn(Cc2ccc(Br)cc2F)c(=O)c2ccccc12)N/N=C/c1c(Cl)cccc1Cl. The van der Waals surface area contributed by atoms with Crippen LogP contribution in [0.5, 0.6) is 0 Å². The fraction of sp³-hybridized carbons (Fsp3) is 0.0833. The molecule has 0 aliphatic rings. The Hall–Kier alpha value is -3.07. The smallest absolute Gasteiger partial charge is 0.273 e. The highest BCUT2D eigenvalue weighted by Gasteiger charge is 2.15. The van der Waals surface area contributed by atoms with E-state index in [2.05, 4.69) is 31.6 Å². The summed E-state index contributed by atoms with van der Waals surface area (Å²) in [7, 11) is 0. The Morgan fingerprint density at radius 3 is 2.50 bits per heavy atom. The molecule has 4 aromatic rings. The summed E-state index contributed by atoms with van der Waals surface area (Å²) in [5.74, 6) is -0.930. The van der Waals surface area contributed by atoms with Gasteiger partial charge in [0, 0.05) is 21.0 Å². The van der Waals surface area contributed by atoms with Crippen molar-refractivity contribution in [3.63, 3.8) is 0 Å². The van der Waals surface area contributed by atoms with Gasteiger partial charge < -0.3 is 0 Å². The second kappa shape index (κ2) is 10.5. The van der Waals surface area contributed by atoms with Crippen molar-refractivity contribution in [3.05, 3.63) is 108 Å². The van der Waals surface area contributed by atoms with Crippen LogP contribution in [0.3, 0.4) is 0 Å². The number of nitrogens with one attached hydrogen (secondary N) is 1. The molecule has 3 aromatic carbocycles. The van der Waals surface area contributed by atoms with Crippen molar-refractivity contribution in [1.82, 2.24) is 15.2 Å². The first-order valence-electron chi connectivity index (χ1n) is 10.0. The molecule has 6 nitrogen and oxygen atoms in total. The Morgan fingerprint density at radius 1 is 1.09 bits per heavy atom. The molecule has 1 N–H and O–H groups in total. The summed E-state index contributed by atoms with van der Waals surface area (Å²) in [6.07, 6.45) is 1.20. The molecular weight excluding hydrogens is 546 g/mol. The lowest BCUT2D eigenvalue weighted by molar-refractivity contribution is -0.120. The molecule has 0 unspecified atom stereocenters. The molecule has 0 radical (unpaired) electrons. The Bertz CT molecular complexity index is 1470. The van der Waals surface area contributed by atoms with Gasteiger partial charge in [-0.3, -0.25) is 9.59 Å². The number of nitrogens with zero attached hydrogens (tertiary/aromatic N) is 3. The fourth-order valence-corrected chi connectivity index (χ4v) is 4.18. The lowest BCUT2D eigenvalue weighted by atomic mass is 10.1. The number of amides is 1. The molecule has 0 saturated carbocycles. The van der Waals surface area contributed by atoms with E-state index in [1.54, 1.807) is 54.6 Å². The van der Waals surface area contributed by atoms with E-state index in [4.69, 9.17) is 23.2 Å². The normalized spacial score (nSPS) is 11.3. The van der Waals surface area contributed by atoms with Crippen molar-refractivity contribution in [3.8, 4) is 0 Å². The van der Waals surface area contributed by atoms with E-state index in [0.717, 1.165) is 4.68 Å². The van der Waals surface area contributed by atoms with E-state index in [9.17, 15) is 14.0 Å². The zero-order valence-corrected chi connectivity index (χ0v) is 20.5. The number of benzene rings is 3. The van der Waals surface area contributed by atoms with Gasteiger partial charge in [0.1, 0.15) is 5.82 Å². The predicted molar refractivity (Wildman–Crippen MR) is 135 cm³/mol.